The van der Waals surface area contributed by atoms with Gasteiger partial charge in [0, 0.05) is 44.3 Å². The number of para-hydroxylation sites is 1. The Labute approximate surface area is 151 Å². The molecule has 0 unspecified atom stereocenters. The normalized spacial score (nSPS) is 27.9. The lowest BCUT2D eigenvalue weighted by Gasteiger charge is -2.40. The number of piperidine rings is 1. The van der Waals surface area contributed by atoms with Gasteiger partial charge in [-0.15, -0.1) is 0 Å². The quantitative estimate of drug-likeness (QED) is 0.825. The molecule has 138 valence electrons. The summed E-state index contributed by atoms with van der Waals surface area (Å²) in [6.45, 7) is 6.46. The second-order valence-corrected chi connectivity index (χ2v) is 8.22. The average Bonchev–Trinajstić information content (AvgIpc) is 2.88. The van der Waals surface area contributed by atoms with Crippen molar-refractivity contribution < 1.29 is 9.84 Å². The van der Waals surface area contributed by atoms with Crippen LogP contribution < -0.4 is 4.74 Å². The van der Waals surface area contributed by atoms with E-state index in [0.29, 0.717) is 6.61 Å². The zero-order valence-electron chi connectivity index (χ0n) is 15.3. The topological polar surface area (TPSA) is 35.9 Å². The Morgan fingerprint density at radius 1 is 1.04 bits per heavy atom. The number of fused-ring (bicyclic) bond motifs is 4. The lowest BCUT2D eigenvalue weighted by Crippen LogP contribution is -2.46. The maximum atomic E-state index is 9.04. The van der Waals surface area contributed by atoms with Crippen molar-refractivity contribution in [1.29, 1.82) is 0 Å². The molecule has 4 heteroatoms. The van der Waals surface area contributed by atoms with Crippen molar-refractivity contribution in [1.82, 2.24) is 9.80 Å². The Bertz CT molecular complexity index is 561. The minimum Gasteiger partial charge on any atom is -0.491 e. The summed E-state index contributed by atoms with van der Waals surface area (Å²) in [5, 5.41) is 9.04. The Kier molecular flexibility index (Phi) is 5.59. The van der Waals surface area contributed by atoms with E-state index in [2.05, 4.69) is 21.9 Å². The molecule has 2 bridgehead atoms. The molecule has 25 heavy (non-hydrogen) atoms. The molecule has 1 aliphatic carbocycles. The lowest BCUT2D eigenvalue weighted by atomic mass is 9.83. The Hall–Kier alpha value is -1.10. The molecule has 1 N–H and O–H groups in total. The van der Waals surface area contributed by atoms with Gasteiger partial charge in [0.05, 0.1) is 6.61 Å². The maximum absolute atomic E-state index is 9.04. The molecule has 0 aromatic heterocycles. The molecule has 3 saturated heterocycles. The third-order valence-electron chi connectivity index (χ3n) is 6.34. The number of rotatable bonds is 7. The molecule has 3 aliphatic heterocycles. The molecule has 0 spiro atoms. The van der Waals surface area contributed by atoms with Gasteiger partial charge in [0.2, 0.25) is 0 Å². The summed E-state index contributed by atoms with van der Waals surface area (Å²) in [6, 6.07) is 9.05. The van der Waals surface area contributed by atoms with Crippen molar-refractivity contribution in [3.63, 3.8) is 0 Å². The fraction of sp³-hybridized carbons (Fsp3) is 0.714. The fourth-order valence-electron chi connectivity index (χ4n) is 4.81. The van der Waals surface area contributed by atoms with Crippen LogP contribution in [0.4, 0.5) is 0 Å². The maximum Gasteiger partial charge on any atom is 0.123 e. The van der Waals surface area contributed by atoms with E-state index in [9.17, 15) is 0 Å². The van der Waals surface area contributed by atoms with Gasteiger partial charge in [-0.2, -0.15) is 0 Å². The highest BCUT2D eigenvalue weighted by Crippen LogP contribution is 2.34. The van der Waals surface area contributed by atoms with Crippen molar-refractivity contribution in [3.8, 4) is 5.75 Å². The number of nitrogens with zero attached hydrogens (tertiary/aromatic N) is 2. The van der Waals surface area contributed by atoms with Crippen LogP contribution in [0, 0.1) is 11.8 Å². The predicted octanol–water partition coefficient (Wildman–Crippen LogP) is 2.75. The van der Waals surface area contributed by atoms with Crippen LogP contribution in [0.5, 0.6) is 5.75 Å². The largest absolute Gasteiger partial charge is 0.491 e. The highest BCUT2D eigenvalue weighted by atomic mass is 16.5. The van der Waals surface area contributed by atoms with Crippen LogP contribution in [0.1, 0.15) is 37.7 Å². The Morgan fingerprint density at radius 2 is 1.92 bits per heavy atom. The number of hydrogen-bond donors (Lipinski definition) is 1. The zero-order chi connectivity index (χ0) is 17.1. The number of aliphatic hydroxyl groups excluding tert-OH is 1. The molecule has 4 aliphatic rings. The Morgan fingerprint density at radius 3 is 2.72 bits per heavy atom. The van der Waals surface area contributed by atoms with Gasteiger partial charge in [-0.1, -0.05) is 24.6 Å². The van der Waals surface area contributed by atoms with E-state index in [4.69, 9.17) is 9.84 Å². The minimum atomic E-state index is 0.0678. The number of aliphatic hydroxyl groups is 1. The summed E-state index contributed by atoms with van der Waals surface area (Å²) in [4.78, 5) is 5.45. The first-order valence-electron chi connectivity index (χ1n) is 10.1. The number of benzene rings is 1. The van der Waals surface area contributed by atoms with Gasteiger partial charge < -0.3 is 9.84 Å². The first-order valence-corrected chi connectivity index (χ1v) is 10.1. The summed E-state index contributed by atoms with van der Waals surface area (Å²) in [5.41, 5.74) is 1.25. The lowest BCUT2D eigenvalue weighted by molar-refractivity contribution is 0.0890. The van der Waals surface area contributed by atoms with Gasteiger partial charge in [-0.3, -0.25) is 9.80 Å². The third kappa shape index (κ3) is 4.18. The molecular weight excluding hydrogens is 312 g/mol. The van der Waals surface area contributed by atoms with Gasteiger partial charge in [0.1, 0.15) is 12.4 Å². The zero-order valence-corrected chi connectivity index (χ0v) is 15.3. The smallest absolute Gasteiger partial charge is 0.123 e. The van der Waals surface area contributed by atoms with Crippen molar-refractivity contribution in [2.45, 2.75) is 44.7 Å². The summed E-state index contributed by atoms with van der Waals surface area (Å²) >= 11 is 0. The minimum absolute atomic E-state index is 0.0678. The number of ether oxygens (including phenoxy) is 1. The van der Waals surface area contributed by atoms with Gasteiger partial charge in [-0.25, -0.2) is 0 Å². The van der Waals surface area contributed by atoms with Crippen LogP contribution in [0.25, 0.3) is 0 Å². The highest BCUT2D eigenvalue weighted by Gasteiger charge is 2.36. The van der Waals surface area contributed by atoms with Crippen LogP contribution in [0.2, 0.25) is 0 Å². The van der Waals surface area contributed by atoms with E-state index in [-0.39, 0.29) is 6.61 Å². The predicted molar refractivity (Wildman–Crippen MR) is 99.7 cm³/mol. The van der Waals surface area contributed by atoms with E-state index in [1.807, 2.05) is 12.1 Å². The second-order valence-electron chi connectivity index (χ2n) is 8.22. The molecule has 4 fully saturated rings. The summed E-state index contributed by atoms with van der Waals surface area (Å²) in [5.74, 6) is 2.73. The highest BCUT2D eigenvalue weighted by molar-refractivity contribution is 5.33. The first-order chi connectivity index (χ1) is 12.3. The van der Waals surface area contributed by atoms with Crippen LogP contribution in [0.3, 0.4) is 0 Å². The van der Waals surface area contributed by atoms with E-state index in [1.165, 1.54) is 63.8 Å². The van der Waals surface area contributed by atoms with E-state index < -0.39 is 0 Å². The monoisotopic (exact) mass is 344 g/mol. The van der Waals surface area contributed by atoms with Crippen molar-refractivity contribution in [2.75, 3.05) is 39.4 Å². The summed E-state index contributed by atoms with van der Waals surface area (Å²) in [7, 11) is 0. The molecule has 1 aromatic rings. The van der Waals surface area contributed by atoms with Crippen LogP contribution >= 0.6 is 0 Å². The molecule has 2 atom stereocenters. The van der Waals surface area contributed by atoms with E-state index >= 15 is 0 Å². The molecule has 0 radical (unpaired) electrons. The van der Waals surface area contributed by atoms with Crippen LogP contribution in [-0.2, 0) is 6.54 Å². The van der Waals surface area contributed by atoms with Gasteiger partial charge in [-0.05, 0) is 43.6 Å². The summed E-state index contributed by atoms with van der Waals surface area (Å²) in [6.07, 6.45) is 7.12. The van der Waals surface area contributed by atoms with Gasteiger partial charge >= 0.3 is 0 Å². The third-order valence-corrected chi connectivity index (χ3v) is 6.34. The van der Waals surface area contributed by atoms with E-state index in [1.54, 1.807) is 0 Å². The second kappa shape index (κ2) is 8.07. The molecule has 0 amide bonds. The first kappa shape index (κ1) is 17.3. The van der Waals surface area contributed by atoms with Crippen molar-refractivity contribution in [2.24, 2.45) is 11.8 Å². The van der Waals surface area contributed by atoms with Crippen LogP contribution in [-0.4, -0.2) is 60.3 Å². The molecule has 5 rings (SSSR count). The Balaban J connectivity index is 1.40. The van der Waals surface area contributed by atoms with Crippen molar-refractivity contribution >= 4 is 0 Å². The SMILES string of the molecule is OCCOc1ccccc1CN1C[C@H]2CC[C@@H](C1)N(CC1CCC1)C2. The molecule has 1 aromatic carbocycles. The number of hydrogen-bond acceptors (Lipinski definition) is 4. The van der Waals surface area contributed by atoms with E-state index in [0.717, 1.165) is 30.2 Å². The average molecular weight is 344 g/mol. The van der Waals surface area contributed by atoms with Gasteiger partial charge in [0.15, 0.2) is 0 Å². The molecule has 1 saturated carbocycles. The summed E-state index contributed by atoms with van der Waals surface area (Å²) < 4.78 is 5.74. The standard InChI is InChI=1S/C21H32N2O2/c24-10-11-25-21-7-2-1-6-19(21)15-22-12-18-8-9-20(16-22)23(14-18)13-17-4-3-5-17/h1-2,6-7,17-18,20,24H,3-5,8-16H2/t18-,20+/m1/s1. The van der Waals surface area contributed by atoms with Crippen molar-refractivity contribution in [3.05, 3.63) is 29.8 Å². The van der Waals surface area contributed by atoms with Gasteiger partial charge in [0.25, 0.3) is 0 Å². The molecule has 3 heterocycles. The molecule has 4 nitrogen and oxygen atoms in total. The fourth-order valence-corrected chi connectivity index (χ4v) is 4.81. The van der Waals surface area contributed by atoms with Crippen LogP contribution in [0.15, 0.2) is 24.3 Å². The molecular formula is C21H32N2O2.